The summed E-state index contributed by atoms with van der Waals surface area (Å²) in [4.78, 5) is 21.6. The SMILES string of the molecule is O=P(O)(O)O.[Na].[Se]. The Bertz CT molecular complexity index is 57.8. The van der Waals surface area contributed by atoms with Gasteiger partial charge in [0.15, 0.2) is 0 Å². The zero-order valence-corrected chi connectivity index (χ0v) is 8.21. The minimum absolute atomic E-state index is 0. The number of hydrogen-bond acceptors (Lipinski definition) is 1. The van der Waals surface area contributed by atoms with Crippen LogP contribution in [0.1, 0.15) is 0 Å². The molecule has 0 saturated carbocycles. The van der Waals surface area contributed by atoms with Crippen LogP contribution in [0.4, 0.5) is 0 Å². The van der Waals surface area contributed by atoms with E-state index in [4.69, 9.17) is 19.2 Å². The van der Waals surface area contributed by atoms with Crippen molar-refractivity contribution in [3.63, 3.8) is 0 Å². The summed E-state index contributed by atoms with van der Waals surface area (Å²) in [7, 11) is -4.64. The van der Waals surface area contributed by atoms with Crippen molar-refractivity contribution >= 4 is 54.4 Å². The van der Waals surface area contributed by atoms with Gasteiger partial charge in [0, 0.05) is 46.6 Å². The van der Waals surface area contributed by atoms with E-state index in [0.717, 1.165) is 0 Å². The van der Waals surface area contributed by atoms with Crippen molar-refractivity contribution in [2.75, 3.05) is 0 Å². The normalized spacial score (nSPS) is 8.43. The molecule has 0 fully saturated rings. The second-order valence-electron chi connectivity index (χ2n) is 0.513. The maximum atomic E-state index is 8.88. The Labute approximate surface area is 73.3 Å². The Morgan fingerprint density at radius 1 is 1.14 bits per heavy atom. The van der Waals surface area contributed by atoms with Crippen molar-refractivity contribution in [3.8, 4) is 0 Å². The standard InChI is InChI=1S/Na.H3O4P.Se/c;1-5(2,3)4;/h;(H3,1,2,3,4);. The van der Waals surface area contributed by atoms with Gasteiger partial charge in [-0.3, -0.25) is 0 Å². The fraction of sp³-hybridized carbons (Fsp3) is 0. The van der Waals surface area contributed by atoms with Crippen LogP contribution in [0.5, 0.6) is 0 Å². The van der Waals surface area contributed by atoms with Crippen LogP contribution in [0.25, 0.3) is 0 Å². The van der Waals surface area contributed by atoms with E-state index in [-0.39, 0.29) is 46.6 Å². The van der Waals surface area contributed by atoms with Crippen molar-refractivity contribution in [1.29, 1.82) is 0 Å². The Hall–Kier alpha value is 1.63. The molecule has 7 heavy (non-hydrogen) atoms. The molecule has 0 aliphatic heterocycles. The molecule has 0 aromatic rings. The second-order valence-corrected chi connectivity index (χ2v) is 1.54. The topological polar surface area (TPSA) is 77.8 Å². The van der Waals surface area contributed by atoms with Crippen LogP contribution in [0.2, 0.25) is 0 Å². The Balaban J connectivity index is -0.0000000800. The van der Waals surface area contributed by atoms with Crippen LogP contribution < -0.4 is 0 Å². The zero-order chi connectivity index (χ0) is 4.50. The van der Waals surface area contributed by atoms with E-state index >= 15 is 0 Å². The van der Waals surface area contributed by atoms with Gasteiger partial charge < -0.3 is 14.7 Å². The summed E-state index contributed by atoms with van der Waals surface area (Å²) >= 11 is 0. The summed E-state index contributed by atoms with van der Waals surface area (Å²) in [6.07, 6.45) is 0. The van der Waals surface area contributed by atoms with Crippen LogP contribution in [0, 0.1) is 0 Å². The van der Waals surface area contributed by atoms with E-state index in [0.29, 0.717) is 0 Å². The van der Waals surface area contributed by atoms with Gasteiger partial charge in [0.05, 0.1) is 0 Å². The van der Waals surface area contributed by atoms with Crippen LogP contribution in [-0.2, 0) is 4.57 Å². The van der Waals surface area contributed by atoms with E-state index in [1.54, 1.807) is 0 Å². The molecule has 39 valence electrons. The first-order valence-corrected chi connectivity index (χ1v) is 2.35. The van der Waals surface area contributed by atoms with Gasteiger partial charge >= 0.3 is 7.82 Å². The van der Waals surface area contributed by atoms with Crippen LogP contribution in [-0.4, -0.2) is 61.3 Å². The molecule has 3 radical (unpaired) electrons. The molecule has 0 heterocycles. The fourth-order valence-corrected chi connectivity index (χ4v) is 0. The van der Waals surface area contributed by atoms with Gasteiger partial charge in [0.2, 0.25) is 0 Å². The molecule has 7 heteroatoms. The Morgan fingerprint density at radius 3 is 1.14 bits per heavy atom. The molecule has 0 aromatic heterocycles. The number of hydrogen-bond donors (Lipinski definition) is 3. The molecule has 0 bridgehead atoms. The summed E-state index contributed by atoms with van der Waals surface area (Å²) in [6, 6.07) is 0. The first-order chi connectivity index (χ1) is 2.00. The van der Waals surface area contributed by atoms with E-state index in [1.807, 2.05) is 0 Å². The molecule has 0 aliphatic carbocycles. The molecular formula is H3NaO4PSe. The molecule has 0 spiro atoms. The van der Waals surface area contributed by atoms with Crippen molar-refractivity contribution in [1.82, 2.24) is 0 Å². The monoisotopic (exact) mass is 201 g/mol. The second kappa shape index (κ2) is 5.76. The van der Waals surface area contributed by atoms with Gasteiger partial charge in [0.25, 0.3) is 0 Å². The minimum atomic E-state index is -4.64. The first kappa shape index (κ1) is 15.9. The average molecular weight is 200 g/mol. The third-order valence-corrected chi connectivity index (χ3v) is 0. The summed E-state index contributed by atoms with van der Waals surface area (Å²) in [6.45, 7) is 0. The van der Waals surface area contributed by atoms with E-state index in [9.17, 15) is 0 Å². The van der Waals surface area contributed by atoms with E-state index in [2.05, 4.69) is 0 Å². The molecule has 0 rings (SSSR count). The predicted molar refractivity (Wildman–Crippen MR) is 25.8 cm³/mol. The molecule has 0 aromatic carbocycles. The number of phosphoric acid groups is 1. The van der Waals surface area contributed by atoms with Crippen LogP contribution in [0.3, 0.4) is 0 Å². The summed E-state index contributed by atoms with van der Waals surface area (Å²) in [5.41, 5.74) is 0. The van der Waals surface area contributed by atoms with Crippen molar-refractivity contribution in [2.45, 2.75) is 0 Å². The summed E-state index contributed by atoms with van der Waals surface area (Å²) in [5, 5.41) is 0. The van der Waals surface area contributed by atoms with Crippen molar-refractivity contribution in [2.24, 2.45) is 0 Å². The summed E-state index contributed by atoms with van der Waals surface area (Å²) in [5.74, 6) is 0. The fourth-order valence-electron chi connectivity index (χ4n) is 0. The van der Waals surface area contributed by atoms with Gasteiger partial charge in [0.1, 0.15) is 0 Å². The van der Waals surface area contributed by atoms with Gasteiger partial charge in [-0.1, -0.05) is 0 Å². The largest absolute Gasteiger partial charge is 0.466 e. The van der Waals surface area contributed by atoms with Crippen molar-refractivity contribution < 1.29 is 19.2 Å². The van der Waals surface area contributed by atoms with Gasteiger partial charge in [-0.25, -0.2) is 4.57 Å². The van der Waals surface area contributed by atoms with Gasteiger partial charge in [-0.15, -0.1) is 0 Å². The molecule has 0 atom stereocenters. The Kier molecular flexibility index (Phi) is 13.0. The van der Waals surface area contributed by atoms with E-state index in [1.165, 1.54) is 0 Å². The quantitative estimate of drug-likeness (QED) is 0.322. The first-order valence-electron chi connectivity index (χ1n) is 0.783. The average Bonchev–Trinajstić information content (AvgIpc) is 0.722. The molecule has 4 nitrogen and oxygen atoms in total. The van der Waals surface area contributed by atoms with Gasteiger partial charge in [-0.05, 0) is 0 Å². The predicted octanol–water partition coefficient (Wildman–Crippen LogP) is -1.69. The minimum Gasteiger partial charge on any atom is -0.303 e. The zero-order valence-electron chi connectivity index (χ0n) is 3.61. The molecular weight excluding hydrogens is 197 g/mol. The maximum Gasteiger partial charge on any atom is 0.466 e. The van der Waals surface area contributed by atoms with E-state index < -0.39 is 7.82 Å². The van der Waals surface area contributed by atoms with Crippen LogP contribution >= 0.6 is 7.82 Å². The Morgan fingerprint density at radius 2 is 1.14 bits per heavy atom. The molecule has 0 amide bonds. The maximum absolute atomic E-state index is 8.88. The van der Waals surface area contributed by atoms with Crippen molar-refractivity contribution in [3.05, 3.63) is 0 Å². The van der Waals surface area contributed by atoms with Gasteiger partial charge in [-0.2, -0.15) is 0 Å². The molecule has 3 N–H and O–H groups in total. The molecule has 0 aliphatic rings. The molecule has 0 saturated heterocycles. The summed E-state index contributed by atoms with van der Waals surface area (Å²) < 4.78 is 8.88. The smallest absolute Gasteiger partial charge is 0.303 e. The number of rotatable bonds is 0. The third-order valence-electron chi connectivity index (χ3n) is 0. The molecule has 0 unspecified atom stereocenters. The van der Waals surface area contributed by atoms with Crippen LogP contribution in [0.15, 0.2) is 0 Å². The third kappa shape index (κ3) is 91.1.